The zero-order valence-corrected chi connectivity index (χ0v) is 25.6. The number of piperazine rings is 1. The van der Waals surface area contributed by atoms with Gasteiger partial charge in [-0.05, 0) is 71.5 Å². The maximum Gasteiger partial charge on any atom is 0.573 e. The Morgan fingerprint density at radius 3 is 2.26 bits per heavy atom. The number of alkyl halides is 3. The Morgan fingerprint density at radius 2 is 1.57 bits per heavy atom. The van der Waals surface area contributed by atoms with E-state index < -0.39 is 11.3 Å². The highest BCUT2D eigenvalue weighted by molar-refractivity contribution is 5.50. The predicted octanol–water partition coefficient (Wildman–Crippen LogP) is 6.21. The molecule has 1 aromatic heterocycles. The third-order valence-electron chi connectivity index (χ3n) is 8.09. The molecule has 6 rings (SSSR count). The van der Waals surface area contributed by atoms with Crippen LogP contribution < -0.4 is 23.8 Å². The number of nitrogens with zero attached hydrogens (tertiary/aromatic N) is 5. The third-order valence-corrected chi connectivity index (χ3v) is 8.09. The molecule has 3 heterocycles. The number of aryl methyl sites for hydroxylation is 1. The van der Waals surface area contributed by atoms with Gasteiger partial charge < -0.3 is 34.0 Å². The maximum absolute atomic E-state index is 12.3. The zero-order chi connectivity index (χ0) is 33.0. The van der Waals surface area contributed by atoms with Crippen LogP contribution in [0.25, 0.3) is 0 Å². The van der Waals surface area contributed by atoms with Crippen LogP contribution in [0, 0.1) is 10.1 Å². The fourth-order valence-electron chi connectivity index (χ4n) is 5.72. The van der Waals surface area contributed by atoms with Gasteiger partial charge >= 0.3 is 18.2 Å². The van der Waals surface area contributed by atoms with Crippen molar-refractivity contribution in [1.29, 1.82) is 0 Å². The highest BCUT2D eigenvalue weighted by Gasteiger charge is 2.31. The van der Waals surface area contributed by atoms with Crippen molar-refractivity contribution in [2.75, 3.05) is 31.1 Å². The lowest BCUT2D eigenvalue weighted by atomic mass is 10.1. The number of aromatic nitrogens is 2. The standard InChI is InChI=1S/C33H34F3N5O6/c1-23-18-38(19-24-2-8-27(9-3-24)44-21-25-4-10-29(11-5-25)47-33(34,35)36)16-17-40(23)26-6-12-28(13-7-26)45-22-30-14-15-39-20-31(41(42)43)37-32(39)46-30/h2-13,20,23,30H,14-19,21-22H2,1H3. The number of imidazole rings is 1. The summed E-state index contributed by atoms with van der Waals surface area (Å²) in [5.41, 5.74) is 3.02. The van der Waals surface area contributed by atoms with Gasteiger partial charge in [0.1, 0.15) is 42.8 Å². The summed E-state index contributed by atoms with van der Waals surface area (Å²) in [5, 5.41) is 11.0. The Bertz CT molecular complexity index is 1650. The minimum Gasteiger partial charge on any atom is -0.490 e. The minimum atomic E-state index is -4.72. The first-order valence-electron chi connectivity index (χ1n) is 15.2. The Morgan fingerprint density at radius 1 is 0.915 bits per heavy atom. The SMILES string of the molecule is CC1CN(Cc2ccc(OCc3ccc(OC(F)(F)F)cc3)cc2)CCN1c1ccc(OCC2CCn3cc([N+](=O)[O-])nc3O2)cc1. The molecule has 1 fully saturated rings. The Kier molecular flexibility index (Phi) is 9.38. The van der Waals surface area contributed by atoms with E-state index in [1.165, 1.54) is 18.3 Å². The van der Waals surface area contributed by atoms with Crippen molar-refractivity contribution in [2.24, 2.45) is 0 Å². The number of hydrogen-bond acceptors (Lipinski definition) is 9. The molecule has 0 aliphatic carbocycles. The van der Waals surface area contributed by atoms with E-state index >= 15 is 0 Å². The molecule has 1 saturated heterocycles. The first-order chi connectivity index (χ1) is 22.6. The van der Waals surface area contributed by atoms with Gasteiger partial charge in [-0.1, -0.05) is 24.3 Å². The maximum atomic E-state index is 12.3. The van der Waals surface area contributed by atoms with Gasteiger partial charge in [-0.2, -0.15) is 0 Å². The topological polar surface area (TPSA) is 104 Å². The smallest absolute Gasteiger partial charge is 0.490 e. The van der Waals surface area contributed by atoms with Crippen LogP contribution in [-0.2, 0) is 19.7 Å². The number of anilines is 1. The van der Waals surface area contributed by atoms with Crippen molar-refractivity contribution in [3.63, 3.8) is 0 Å². The highest BCUT2D eigenvalue weighted by Crippen LogP contribution is 2.28. The lowest BCUT2D eigenvalue weighted by Crippen LogP contribution is -2.51. The van der Waals surface area contributed by atoms with Gasteiger partial charge in [0.2, 0.25) is 0 Å². The van der Waals surface area contributed by atoms with E-state index in [0.29, 0.717) is 31.4 Å². The second-order valence-corrected chi connectivity index (χ2v) is 11.6. The van der Waals surface area contributed by atoms with E-state index in [1.54, 1.807) is 16.7 Å². The van der Waals surface area contributed by atoms with E-state index in [-0.39, 0.29) is 30.3 Å². The van der Waals surface area contributed by atoms with Crippen molar-refractivity contribution in [1.82, 2.24) is 14.5 Å². The molecule has 0 saturated carbocycles. The van der Waals surface area contributed by atoms with Gasteiger partial charge in [-0.15, -0.1) is 13.2 Å². The number of hydrogen-bond donors (Lipinski definition) is 0. The monoisotopic (exact) mass is 653 g/mol. The summed E-state index contributed by atoms with van der Waals surface area (Å²) in [5.74, 6) is 0.921. The molecule has 2 unspecified atom stereocenters. The molecular formula is C33H34F3N5O6. The van der Waals surface area contributed by atoms with Gasteiger partial charge in [0.25, 0.3) is 0 Å². The van der Waals surface area contributed by atoms with Gasteiger partial charge in [-0.25, -0.2) is 0 Å². The number of rotatable bonds is 11. The number of ether oxygens (including phenoxy) is 4. The third kappa shape index (κ3) is 8.44. The molecule has 2 atom stereocenters. The number of halogens is 3. The lowest BCUT2D eigenvalue weighted by molar-refractivity contribution is -0.389. The first-order valence-corrected chi connectivity index (χ1v) is 15.2. The molecule has 0 amide bonds. The van der Waals surface area contributed by atoms with Gasteiger partial charge in [0.05, 0.1) is 0 Å². The summed E-state index contributed by atoms with van der Waals surface area (Å²) in [7, 11) is 0. The molecular weight excluding hydrogens is 619 g/mol. The summed E-state index contributed by atoms with van der Waals surface area (Å²) in [6, 6.07) is 22.1. The molecule has 0 spiro atoms. The summed E-state index contributed by atoms with van der Waals surface area (Å²) in [6.45, 7) is 6.84. The van der Waals surface area contributed by atoms with Crippen molar-refractivity contribution in [2.45, 2.75) is 51.5 Å². The quantitative estimate of drug-likeness (QED) is 0.138. The molecule has 4 aromatic rings. The summed E-state index contributed by atoms with van der Waals surface area (Å²) in [6.07, 6.45) is -2.90. The molecule has 0 radical (unpaired) electrons. The fourth-order valence-corrected chi connectivity index (χ4v) is 5.72. The van der Waals surface area contributed by atoms with E-state index in [2.05, 4.69) is 38.6 Å². The van der Waals surface area contributed by atoms with Crippen LogP contribution in [0.5, 0.6) is 23.3 Å². The molecule has 3 aromatic carbocycles. The molecule has 2 aliphatic heterocycles. The van der Waals surface area contributed by atoms with Gasteiger partial charge in [-0.3, -0.25) is 9.47 Å². The number of fused-ring (bicyclic) bond motifs is 1. The average Bonchev–Trinajstić information content (AvgIpc) is 3.48. The Hall–Kier alpha value is -4.98. The van der Waals surface area contributed by atoms with E-state index in [4.69, 9.17) is 14.2 Å². The molecule has 0 bridgehead atoms. The molecule has 47 heavy (non-hydrogen) atoms. The number of benzene rings is 3. The Labute approximate surface area is 269 Å². The molecule has 248 valence electrons. The van der Waals surface area contributed by atoms with E-state index in [9.17, 15) is 23.3 Å². The van der Waals surface area contributed by atoms with Crippen LogP contribution in [0.1, 0.15) is 24.5 Å². The summed E-state index contributed by atoms with van der Waals surface area (Å²) >= 11 is 0. The fraction of sp³-hybridized carbons (Fsp3) is 0.364. The van der Waals surface area contributed by atoms with Crippen LogP contribution in [0.2, 0.25) is 0 Å². The van der Waals surface area contributed by atoms with Crippen LogP contribution in [-0.4, -0.2) is 64.1 Å². The van der Waals surface area contributed by atoms with Crippen molar-refractivity contribution in [3.8, 4) is 23.3 Å². The summed E-state index contributed by atoms with van der Waals surface area (Å²) in [4.78, 5) is 19.2. The van der Waals surface area contributed by atoms with Gasteiger partial charge in [0.15, 0.2) is 0 Å². The molecule has 14 heteroatoms. The van der Waals surface area contributed by atoms with Gasteiger partial charge in [0, 0.05) is 55.9 Å². The normalized spacial score (nSPS) is 18.3. The predicted molar refractivity (Wildman–Crippen MR) is 166 cm³/mol. The Balaban J connectivity index is 0.930. The second-order valence-electron chi connectivity index (χ2n) is 11.6. The molecule has 2 aliphatic rings. The molecule has 11 nitrogen and oxygen atoms in total. The average molecular weight is 654 g/mol. The largest absolute Gasteiger partial charge is 0.573 e. The van der Waals surface area contributed by atoms with Crippen LogP contribution >= 0.6 is 0 Å². The number of nitro groups is 1. The second kappa shape index (κ2) is 13.8. The lowest BCUT2D eigenvalue weighted by Gasteiger charge is -2.41. The first kappa shape index (κ1) is 32.0. The van der Waals surface area contributed by atoms with Crippen molar-refractivity contribution < 1.29 is 37.0 Å². The van der Waals surface area contributed by atoms with Crippen LogP contribution in [0.4, 0.5) is 24.7 Å². The van der Waals surface area contributed by atoms with E-state index in [1.807, 2.05) is 36.4 Å². The zero-order valence-electron chi connectivity index (χ0n) is 25.6. The van der Waals surface area contributed by atoms with Crippen LogP contribution in [0.15, 0.2) is 79.0 Å². The van der Waals surface area contributed by atoms with Crippen LogP contribution in [0.3, 0.4) is 0 Å². The highest BCUT2D eigenvalue weighted by atomic mass is 19.4. The molecule has 0 N–H and O–H groups in total. The minimum absolute atomic E-state index is 0.222. The van der Waals surface area contributed by atoms with E-state index in [0.717, 1.165) is 48.7 Å². The van der Waals surface area contributed by atoms with Crippen molar-refractivity contribution in [3.05, 3.63) is 100 Å². The summed E-state index contributed by atoms with van der Waals surface area (Å²) < 4.78 is 60.2. The van der Waals surface area contributed by atoms with Crippen molar-refractivity contribution >= 4 is 11.5 Å².